The van der Waals surface area contributed by atoms with Crippen LogP contribution in [-0.4, -0.2) is 41.6 Å². The number of carboxylic acids is 1. The van der Waals surface area contributed by atoms with Gasteiger partial charge in [-0.15, -0.1) is 0 Å². The number of hydrogen-bond donors (Lipinski definition) is 1. The van der Waals surface area contributed by atoms with Crippen LogP contribution in [-0.2, 0) is 27.9 Å². The number of ether oxygens (including phenoxy) is 1. The summed E-state index contributed by atoms with van der Waals surface area (Å²) in [6.45, 7) is -0.103. The second-order valence-corrected chi connectivity index (χ2v) is 8.76. The fraction of sp³-hybridized carbons (Fsp3) is 0.182. The number of hydrogen-bond acceptors (Lipinski definition) is 5. The molecular formula is C22H22N2O5S. The molecule has 3 aromatic rings. The molecule has 0 aliphatic rings. The first-order valence-corrected chi connectivity index (χ1v) is 11.0. The molecule has 0 atom stereocenters. The number of nitrogens with zero attached hydrogens (tertiary/aromatic N) is 2. The summed E-state index contributed by atoms with van der Waals surface area (Å²) in [4.78, 5) is 15.0. The molecule has 1 aromatic heterocycles. The van der Waals surface area contributed by atoms with E-state index < -0.39 is 22.6 Å². The molecular weight excluding hydrogens is 404 g/mol. The van der Waals surface area contributed by atoms with Crippen molar-refractivity contribution < 1.29 is 23.1 Å². The van der Waals surface area contributed by atoms with Crippen molar-refractivity contribution in [3.05, 3.63) is 84.1 Å². The molecule has 3 rings (SSSR count). The second kappa shape index (κ2) is 9.51. The number of carboxylic acid groups (broad SMARTS) is 1. The highest BCUT2D eigenvalue weighted by Gasteiger charge is 2.18. The molecule has 2 aromatic carbocycles. The third kappa shape index (κ3) is 6.13. The fourth-order valence-corrected chi connectivity index (χ4v) is 3.66. The maximum Gasteiger partial charge on any atom is 0.341 e. The van der Waals surface area contributed by atoms with Crippen LogP contribution in [0.15, 0.2) is 72.9 Å². The van der Waals surface area contributed by atoms with Crippen LogP contribution < -0.4 is 4.74 Å². The SMILES string of the molecule is CS(=O)(=O)N(Cc1ccc(-c2ccccn2)cc1)Cc1cccc(OCC(=O)O)c1. The molecule has 0 aliphatic carbocycles. The van der Waals surface area contributed by atoms with Gasteiger partial charge in [-0.1, -0.05) is 42.5 Å². The number of sulfonamides is 1. The van der Waals surface area contributed by atoms with Crippen LogP contribution in [0.1, 0.15) is 11.1 Å². The van der Waals surface area contributed by atoms with Gasteiger partial charge >= 0.3 is 5.97 Å². The van der Waals surface area contributed by atoms with Crippen LogP contribution in [0.4, 0.5) is 0 Å². The van der Waals surface area contributed by atoms with E-state index in [1.165, 1.54) is 10.6 Å². The first-order valence-electron chi connectivity index (χ1n) is 9.20. The van der Waals surface area contributed by atoms with E-state index in [0.29, 0.717) is 11.3 Å². The molecule has 1 N–H and O–H groups in total. The van der Waals surface area contributed by atoms with Gasteiger partial charge < -0.3 is 9.84 Å². The Morgan fingerprint density at radius 2 is 1.73 bits per heavy atom. The first-order chi connectivity index (χ1) is 14.3. The third-order valence-corrected chi connectivity index (χ3v) is 5.56. The number of benzene rings is 2. The van der Waals surface area contributed by atoms with Crippen LogP contribution in [0.25, 0.3) is 11.3 Å². The van der Waals surface area contributed by atoms with Crippen molar-refractivity contribution in [2.45, 2.75) is 13.1 Å². The highest BCUT2D eigenvalue weighted by molar-refractivity contribution is 7.88. The maximum absolute atomic E-state index is 12.3. The minimum Gasteiger partial charge on any atom is -0.482 e. The molecule has 0 spiro atoms. The lowest BCUT2D eigenvalue weighted by Crippen LogP contribution is -2.29. The Morgan fingerprint density at radius 1 is 1.00 bits per heavy atom. The van der Waals surface area contributed by atoms with Crippen molar-refractivity contribution in [2.24, 2.45) is 0 Å². The predicted molar refractivity (Wildman–Crippen MR) is 113 cm³/mol. The van der Waals surface area contributed by atoms with Gasteiger partial charge in [0.25, 0.3) is 0 Å². The summed E-state index contributed by atoms with van der Waals surface area (Å²) in [5.74, 6) is -0.699. The van der Waals surface area contributed by atoms with E-state index >= 15 is 0 Å². The van der Waals surface area contributed by atoms with E-state index in [1.807, 2.05) is 42.5 Å². The van der Waals surface area contributed by atoms with Crippen molar-refractivity contribution >= 4 is 16.0 Å². The van der Waals surface area contributed by atoms with Crippen molar-refractivity contribution in [3.63, 3.8) is 0 Å². The molecule has 0 radical (unpaired) electrons. The molecule has 156 valence electrons. The highest BCUT2D eigenvalue weighted by atomic mass is 32.2. The molecule has 0 fully saturated rings. The maximum atomic E-state index is 12.3. The zero-order chi connectivity index (χ0) is 21.6. The van der Waals surface area contributed by atoms with Gasteiger partial charge in [0.1, 0.15) is 5.75 Å². The molecule has 0 unspecified atom stereocenters. The number of rotatable bonds is 9. The summed E-state index contributed by atoms with van der Waals surface area (Å²) in [6, 6.07) is 20.0. The van der Waals surface area contributed by atoms with Gasteiger partial charge in [-0.05, 0) is 35.4 Å². The number of aromatic nitrogens is 1. The van der Waals surface area contributed by atoms with Crippen molar-refractivity contribution in [1.82, 2.24) is 9.29 Å². The van der Waals surface area contributed by atoms with Crippen molar-refractivity contribution in [3.8, 4) is 17.0 Å². The van der Waals surface area contributed by atoms with Crippen LogP contribution in [0.2, 0.25) is 0 Å². The number of carbonyl (C=O) groups is 1. The lowest BCUT2D eigenvalue weighted by molar-refractivity contribution is -0.139. The summed E-state index contributed by atoms with van der Waals surface area (Å²) in [5.41, 5.74) is 3.35. The Bertz CT molecular complexity index is 1100. The largest absolute Gasteiger partial charge is 0.482 e. The molecule has 30 heavy (non-hydrogen) atoms. The van der Waals surface area contributed by atoms with Gasteiger partial charge in [-0.2, -0.15) is 4.31 Å². The molecule has 0 aliphatic heterocycles. The summed E-state index contributed by atoms with van der Waals surface area (Å²) in [5, 5.41) is 8.74. The van der Waals surface area contributed by atoms with Gasteiger partial charge in [0.15, 0.2) is 6.61 Å². The van der Waals surface area contributed by atoms with Gasteiger partial charge in [0.2, 0.25) is 10.0 Å². The highest BCUT2D eigenvalue weighted by Crippen LogP contribution is 2.21. The summed E-state index contributed by atoms with van der Waals surface area (Å²) in [7, 11) is -3.48. The van der Waals surface area contributed by atoms with E-state index in [-0.39, 0.29) is 13.1 Å². The fourth-order valence-electron chi connectivity index (χ4n) is 2.89. The third-order valence-electron chi connectivity index (χ3n) is 4.36. The average molecular weight is 426 g/mol. The van der Waals surface area contributed by atoms with E-state index in [1.54, 1.807) is 30.5 Å². The molecule has 8 heteroatoms. The minimum absolute atomic E-state index is 0.144. The number of pyridine rings is 1. The smallest absolute Gasteiger partial charge is 0.341 e. The van der Waals surface area contributed by atoms with E-state index in [0.717, 1.165) is 16.8 Å². The Balaban J connectivity index is 1.74. The molecule has 1 heterocycles. The normalized spacial score (nSPS) is 11.4. The van der Waals surface area contributed by atoms with Crippen molar-refractivity contribution in [1.29, 1.82) is 0 Å². The van der Waals surface area contributed by atoms with Crippen LogP contribution in [0.3, 0.4) is 0 Å². The molecule has 0 saturated heterocycles. The molecule has 0 bridgehead atoms. The Labute approximate surface area is 175 Å². The monoisotopic (exact) mass is 426 g/mol. The lowest BCUT2D eigenvalue weighted by Gasteiger charge is -2.20. The summed E-state index contributed by atoms with van der Waals surface area (Å²) in [6.07, 6.45) is 2.89. The quantitative estimate of drug-likeness (QED) is 0.565. The Hall–Kier alpha value is -3.23. The predicted octanol–water partition coefficient (Wildman–Crippen LogP) is 3.17. The zero-order valence-corrected chi connectivity index (χ0v) is 17.2. The molecule has 0 saturated carbocycles. The van der Waals surface area contributed by atoms with Crippen LogP contribution in [0.5, 0.6) is 5.75 Å². The first kappa shape index (κ1) is 21.5. The molecule has 0 amide bonds. The van der Waals surface area contributed by atoms with Crippen molar-refractivity contribution in [2.75, 3.05) is 12.9 Å². The van der Waals surface area contributed by atoms with E-state index in [4.69, 9.17) is 9.84 Å². The minimum atomic E-state index is -3.48. The average Bonchev–Trinajstić information content (AvgIpc) is 2.73. The standard InChI is InChI=1S/C22H22N2O5S/c1-30(27,28)24(15-18-5-4-6-20(13-18)29-16-22(25)26)14-17-8-10-19(11-9-17)21-7-2-3-12-23-21/h2-13H,14-16H2,1H3,(H,25,26). The lowest BCUT2D eigenvalue weighted by atomic mass is 10.1. The topological polar surface area (TPSA) is 96.8 Å². The van der Waals surface area contributed by atoms with Crippen LogP contribution in [0, 0.1) is 0 Å². The van der Waals surface area contributed by atoms with E-state index in [9.17, 15) is 13.2 Å². The Kier molecular flexibility index (Phi) is 6.81. The van der Waals surface area contributed by atoms with Gasteiger partial charge in [-0.3, -0.25) is 4.98 Å². The zero-order valence-electron chi connectivity index (χ0n) is 16.4. The van der Waals surface area contributed by atoms with Gasteiger partial charge in [0.05, 0.1) is 11.9 Å². The van der Waals surface area contributed by atoms with Gasteiger partial charge in [-0.25, -0.2) is 13.2 Å². The summed E-state index contributed by atoms with van der Waals surface area (Å²) >= 11 is 0. The Morgan fingerprint density at radius 3 is 2.37 bits per heavy atom. The summed E-state index contributed by atoms with van der Waals surface area (Å²) < 4.78 is 31.2. The molecule has 7 nitrogen and oxygen atoms in total. The van der Waals surface area contributed by atoms with Gasteiger partial charge in [0, 0.05) is 24.8 Å². The van der Waals surface area contributed by atoms with E-state index in [2.05, 4.69) is 4.98 Å². The van der Waals surface area contributed by atoms with Crippen LogP contribution >= 0.6 is 0 Å². The second-order valence-electron chi connectivity index (χ2n) is 6.77. The number of aliphatic carboxylic acids is 1.